The van der Waals surface area contributed by atoms with Gasteiger partial charge in [-0.15, -0.1) is 0 Å². The van der Waals surface area contributed by atoms with Crippen molar-refractivity contribution < 1.29 is 0 Å². The summed E-state index contributed by atoms with van der Waals surface area (Å²) in [5.74, 6) is 0. The Hall–Kier alpha value is -3.34. The Morgan fingerprint density at radius 2 is 1.69 bits per heavy atom. The molecule has 16 heavy (non-hydrogen) atoms. The third-order valence-electron chi connectivity index (χ3n) is 1.77. The zero-order chi connectivity index (χ0) is 12.1. The fourth-order valence-electron chi connectivity index (χ4n) is 1.10. The Kier molecular flexibility index (Phi) is 2.85. The third-order valence-corrected chi connectivity index (χ3v) is 1.77. The van der Waals surface area contributed by atoms with E-state index in [1.165, 1.54) is 0 Å². The quantitative estimate of drug-likeness (QED) is 0.509. The van der Waals surface area contributed by atoms with Crippen LogP contribution in [-0.2, 0) is 0 Å². The van der Waals surface area contributed by atoms with Gasteiger partial charge in [-0.2, -0.15) is 26.3 Å². The largest absolute Gasteiger partial charge is 0.243 e. The molecule has 0 N–H and O–H groups in total. The van der Waals surface area contributed by atoms with Crippen LogP contribution in [0.5, 0.6) is 0 Å². The van der Waals surface area contributed by atoms with E-state index in [2.05, 4.69) is 4.99 Å². The maximum Gasteiger partial charge on any atom is 0.186 e. The summed E-state index contributed by atoms with van der Waals surface area (Å²) in [6.07, 6.45) is 1.58. The van der Waals surface area contributed by atoms with Gasteiger partial charge in [0, 0.05) is 0 Å². The van der Waals surface area contributed by atoms with Crippen LogP contribution in [-0.4, -0.2) is 16.7 Å². The average Bonchev–Trinajstić information content (AvgIpc) is 2.35. The molecule has 1 aliphatic heterocycles. The van der Waals surface area contributed by atoms with Crippen LogP contribution < -0.4 is 0 Å². The third kappa shape index (κ3) is 1.40. The molecule has 1 heterocycles. The lowest BCUT2D eigenvalue weighted by Gasteiger charge is -2.22. The second-order valence-corrected chi connectivity index (χ2v) is 2.53. The van der Waals surface area contributed by atoms with E-state index in [9.17, 15) is 0 Å². The average molecular weight is 207 g/mol. The molecule has 0 radical (unpaired) electrons. The molecule has 0 spiro atoms. The van der Waals surface area contributed by atoms with Crippen molar-refractivity contribution >= 4 is 5.71 Å². The van der Waals surface area contributed by atoms with E-state index in [4.69, 9.17) is 26.3 Å². The Bertz CT molecular complexity index is 590. The van der Waals surface area contributed by atoms with Gasteiger partial charge in [0.15, 0.2) is 29.3 Å². The van der Waals surface area contributed by atoms with Crippen molar-refractivity contribution in [1.82, 2.24) is 4.90 Å². The maximum absolute atomic E-state index is 8.79. The minimum atomic E-state index is -1.25. The number of rotatable bonds is 0. The molecule has 1 unspecified atom stereocenters. The van der Waals surface area contributed by atoms with Gasteiger partial charge >= 0.3 is 0 Å². The van der Waals surface area contributed by atoms with Crippen LogP contribution in [0.3, 0.4) is 0 Å². The molecule has 0 aromatic carbocycles. The first-order valence-corrected chi connectivity index (χ1v) is 3.85. The lowest BCUT2D eigenvalue weighted by Crippen LogP contribution is -2.38. The first-order valence-electron chi connectivity index (χ1n) is 3.85. The van der Waals surface area contributed by atoms with Gasteiger partial charge < -0.3 is 0 Å². The minimum absolute atomic E-state index is 0.278. The van der Waals surface area contributed by atoms with Crippen LogP contribution in [0.4, 0.5) is 0 Å². The van der Waals surface area contributed by atoms with Crippen molar-refractivity contribution in [2.45, 2.75) is 6.04 Å². The van der Waals surface area contributed by atoms with E-state index >= 15 is 0 Å². The number of hydrogen-bond acceptors (Lipinski definition) is 7. The molecule has 0 fully saturated rings. The lowest BCUT2D eigenvalue weighted by molar-refractivity contribution is 0.496. The molecule has 0 aromatic rings. The standard InChI is InChI=1S/C9HN7/c10-1-6-8(3-12)16(5-14)9(4-13)7(2-11)15-6/h8H. The SMILES string of the molecule is N#CC1=NC(C#N)=C(C#N)N(C#N)C1C#N. The Balaban J connectivity index is 3.51. The molecular weight excluding hydrogens is 206 g/mol. The number of nitrogens with zero attached hydrogens (tertiary/aromatic N) is 7. The van der Waals surface area contributed by atoms with E-state index in [0.29, 0.717) is 4.90 Å². The first kappa shape index (κ1) is 10.7. The number of nitriles is 5. The predicted octanol–water partition coefficient (Wildman–Crippen LogP) is -0.101. The van der Waals surface area contributed by atoms with E-state index in [-0.39, 0.29) is 17.1 Å². The summed E-state index contributed by atoms with van der Waals surface area (Å²) in [6, 6.07) is 5.24. The van der Waals surface area contributed by atoms with Crippen LogP contribution in [0.2, 0.25) is 0 Å². The van der Waals surface area contributed by atoms with Gasteiger partial charge in [0.05, 0.1) is 6.07 Å². The molecule has 7 nitrogen and oxygen atoms in total. The predicted molar refractivity (Wildman–Crippen MR) is 48.2 cm³/mol. The van der Waals surface area contributed by atoms with E-state index < -0.39 is 6.04 Å². The maximum atomic E-state index is 8.79. The summed E-state index contributed by atoms with van der Waals surface area (Å²) in [5.41, 5.74) is -0.942. The number of aliphatic imine (C=N–C) groups is 1. The van der Waals surface area contributed by atoms with Gasteiger partial charge in [0.2, 0.25) is 0 Å². The van der Waals surface area contributed by atoms with Crippen molar-refractivity contribution in [3.63, 3.8) is 0 Å². The molecule has 0 amide bonds. The fraction of sp³-hybridized carbons (Fsp3) is 0.111. The minimum Gasteiger partial charge on any atom is -0.243 e. The summed E-state index contributed by atoms with van der Waals surface area (Å²) in [4.78, 5) is 4.26. The first-order chi connectivity index (χ1) is 7.73. The van der Waals surface area contributed by atoms with Gasteiger partial charge in [-0.05, 0) is 0 Å². The highest BCUT2D eigenvalue weighted by Crippen LogP contribution is 2.20. The lowest BCUT2D eigenvalue weighted by atomic mass is 10.1. The van der Waals surface area contributed by atoms with Crippen molar-refractivity contribution in [3.8, 4) is 30.5 Å². The molecule has 0 aromatic heterocycles. The summed E-state index contributed by atoms with van der Waals surface area (Å²) in [6.45, 7) is 0. The van der Waals surface area contributed by atoms with E-state index in [1.807, 2.05) is 0 Å². The molecule has 0 saturated carbocycles. The highest BCUT2D eigenvalue weighted by atomic mass is 15.2. The Morgan fingerprint density at radius 1 is 1.00 bits per heavy atom. The zero-order valence-electron chi connectivity index (χ0n) is 7.71. The van der Waals surface area contributed by atoms with Crippen LogP contribution in [0, 0.1) is 56.8 Å². The van der Waals surface area contributed by atoms with Crippen LogP contribution in [0.1, 0.15) is 0 Å². The van der Waals surface area contributed by atoms with Gasteiger partial charge in [0.25, 0.3) is 0 Å². The highest BCUT2D eigenvalue weighted by Gasteiger charge is 2.32. The summed E-state index contributed by atoms with van der Waals surface area (Å²) >= 11 is 0. The van der Waals surface area contributed by atoms with Crippen molar-refractivity contribution in [2.24, 2.45) is 4.99 Å². The molecule has 0 saturated heterocycles. The normalized spacial score (nSPS) is 18.3. The van der Waals surface area contributed by atoms with Crippen molar-refractivity contribution in [3.05, 3.63) is 11.4 Å². The molecular formula is C9HN7. The van der Waals surface area contributed by atoms with Crippen molar-refractivity contribution in [2.75, 3.05) is 0 Å². The molecule has 1 atom stereocenters. The Labute approximate surface area is 90.6 Å². The van der Waals surface area contributed by atoms with Crippen LogP contribution >= 0.6 is 0 Å². The van der Waals surface area contributed by atoms with Gasteiger partial charge in [-0.25, -0.2) is 9.89 Å². The molecule has 0 aliphatic carbocycles. The van der Waals surface area contributed by atoms with Gasteiger partial charge in [-0.3, -0.25) is 0 Å². The molecule has 1 aliphatic rings. The smallest absolute Gasteiger partial charge is 0.186 e. The second kappa shape index (κ2) is 4.25. The van der Waals surface area contributed by atoms with Gasteiger partial charge in [-0.1, -0.05) is 0 Å². The summed E-state index contributed by atoms with van der Waals surface area (Å²) in [7, 11) is 0. The van der Waals surface area contributed by atoms with Gasteiger partial charge in [0.1, 0.15) is 18.2 Å². The topological polar surface area (TPSA) is 135 Å². The number of hydrogen-bond donors (Lipinski definition) is 0. The monoisotopic (exact) mass is 207 g/mol. The summed E-state index contributed by atoms with van der Waals surface area (Å²) in [5, 5.41) is 43.7. The molecule has 0 bridgehead atoms. The zero-order valence-corrected chi connectivity index (χ0v) is 7.71. The van der Waals surface area contributed by atoms with Crippen LogP contribution in [0.15, 0.2) is 16.4 Å². The fourth-order valence-corrected chi connectivity index (χ4v) is 1.10. The highest BCUT2D eigenvalue weighted by molar-refractivity contribution is 6.06. The second-order valence-electron chi connectivity index (χ2n) is 2.53. The number of allylic oxidation sites excluding steroid dienone is 2. The molecule has 1 rings (SSSR count). The van der Waals surface area contributed by atoms with Crippen molar-refractivity contribution in [1.29, 1.82) is 26.3 Å². The van der Waals surface area contributed by atoms with E-state index in [0.717, 1.165) is 0 Å². The molecule has 7 heteroatoms. The Morgan fingerprint density at radius 3 is 2.06 bits per heavy atom. The summed E-state index contributed by atoms with van der Waals surface area (Å²) < 4.78 is 0. The molecule has 72 valence electrons. The van der Waals surface area contributed by atoms with Crippen LogP contribution in [0.25, 0.3) is 0 Å². The van der Waals surface area contributed by atoms with E-state index in [1.54, 1.807) is 30.5 Å².